The van der Waals surface area contributed by atoms with E-state index in [2.05, 4.69) is 34.6 Å². The van der Waals surface area contributed by atoms with Crippen molar-refractivity contribution in [3.8, 4) is 0 Å². The Hall–Kier alpha value is -2.62. The highest BCUT2D eigenvalue weighted by atomic mass is 15.3. The van der Waals surface area contributed by atoms with E-state index in [0.29, 0.717) is 6.67 Å². The first-order valence-electron chi connectivity index (χ1n) is 6.22. The first kappa shape index (κ1) is 10.3. The number of aliphatic imine (C=N–C) groups is 2. The van der Waals surface area contributed by atoms with Crippen LogP contribution in [0, 0.1) is 0 Å². The highest BCUT2D eigenvalue weighted by molar-refractivity contribution is 6.13. The molecule has 0 aromatic heterocycles. The smallest absolute Gasteiger partial charge is 0.209 e. The average Bonchev–Trinajstić information content (AvgIpc) is 2.49. The van der Waals surface area contributed by atoms with Crippen LogP contribution in [0.2, 0.25) is 0 Å². The van der Waals surface area contributed by atoms with Crippen molar-refractivity contribution in [1.82, 2.24) is 4.90 Å². The van der Waals surface area contributed by atoms with Gasteiger partial charge in [0.05, 0.1) is 11.4 Å². The van der Waals surface area contributed by atoms with Gasteiger partial charge in [-0.3, -0.25) is 9.89 Å². The van der Waals surface area contributed by atoms with Crippen LogP contribution in [-0.4, -0.2) is 23.7 Å². The number of guanidine groups is 1. The minimum Gasteiger partial charge on any atom is -0.325 e. The molecule has 2 aliphatic heterocycles. The summed E-state index contributed by atoms with van der Waals surface area (Å²) in [7, 11) is 0. The molecule has 19 heavy (non-hydrogen) atoms. The Morgan fingerprint density at radius 1 is 1.11 bits per heavy atom. The number of nitrogens with one attached hydrogen (secondary N) is 1. The Morgan fingerprint density at radius 2 is 2.00 bits per heavy atom. The van der Waals surface area contributed by atoms with Gasteiger partial charge >= 0.3 is 0 Å². The average molecular weight is 248 g/mol. The predicted molar refractivity (Wildman–Crippen MR) is 79.0 cm³/mol. The zero-order valence-corrected chi connectivity index (χ0v) is 10.2. The van der Waals surface area contributed by atoms with Gasteiger partial charge in [0.25, 0.3) is 0 Å². The second kappa shape index (κ2) is 3.95. The van der Waals surface area contributed by atoms with Crippen LogP contribution in [0.4, 0.5) is 11.4 Å². The molecule has 0 amide bonds. The lowest BCUT2D eigenvalue weighted by atomic mass is 10.1. The summed E-state index contributed by atoms with van der Waals surface area (Å²) >= 11 is 0. The largest absolute Gasteiger partial charge is 0.325 e. The van der Waals surface area contributed by atoms with Gasteiger partial charge in [0.1, 0.15) is 6.67 Å². The molecule has 0 bridgehead atoms. The first-order chi connectivity index (χ1) is 9.42. The molecule has 2 aromatic rings. The Kier molecular flexibility index (Phi) is 2.14. The summed E-state index contributed by atoms with van der Waals surface area (Å²) in [6.45, 7) is 0.598. The second-order valence-corrected chi connectivity index (χ2v) is 4.53. The minimum atomic E-state index is 0.598. The van der Waals surface area contributed by atoms with Gasteiger partial charge in [-0.05, 0) is 23.6 Å². The molecule has 0 radical (unpaired) electrons. The van der Waals surface area contributed by atoms with E-state index < -0.39 is 0 Å². The number of allylic oxidation sites excluding steroid dienone is 1. The summed E-state index contributed by atoms with van der Waals surface area (Å²) in [4.78, 5) is 10.9. The summed E-state index contributed by atoms with van der Waals surface area (Å²) < 4.78 is 0. The lowest BCUT2D eigenvalue weighted by Crippen LogP contribution is -2.34. The third-order valence-corrected chi connectivity index (χ3v) is 3.32. The van der Waals surface area contributed by atoms with Crippen LogP contribution >= 0.6 is 0 Å². The summed E-state index contributed by atoms with van der Waals surface area (Å²) in [6, 6.07) is 12.4. The topological polar surface area (TPSA) is 40.0 Å². The predicted octanol–water partition coefficient (Wildman–Crippen LogP) is 3.11. The van der Waals surface area contributed by atoms with Crippen LogP contribution in [0.5, 0.6) is 0 Å². The van der Waals surface area contributed by atoms with Crippen molar-refractivity contribution in [2.45, 2.75) is 0 Å². The summed E-state index contributed by atoms with van der Waals surface area (Å²) in [5.41, 5.74) is 2.10. The van der Waals surface area contributed by atoms with Gasteiger partial charge in [0, 0.05) is 17.8 Å². The highest BCUT2D eigenvalue weighted by Crippen LogP contribution is 2.35. The fourth-order valence-electron chi connectivity index (χ4n) is 2.44. The molecule has 0 saturated heterocycles. The molecule has 0 saturated carbocycles. The molecular weight excluding hydrogens is 236 g/mol. The van der Waals surface area contributed by atoms with Crippen molar-refractivity contribution in [1.29, 1.82) is 0 Å². The molecule has 4 heteroatoms. The Balaban J connectivity index is 1.86. The molecule has 0 unspecified atom stereocenters. The number of anilines is 1. The first-order valence-corrected chi connectivity index (χ1v) is 6.22. The zero-order valence-electron chi connectivity index (χ0n) is 10.2. The van der Waals surface area contributed by atoms with Gasteiger partial charge in [-0.1, -0.05) is 24.3 Å². The van der Waals surface area contributed by atoms with Gasteiger partial charge in [-0.25, -0.2) is 4.99 Å². The van der Waals surface area contributed by atoms with Crippen LogP contribution in [0.25, 0.3) is 10.8 Å². The Bertz CT molecular complexity index is 738. The normalized spacial score (nSPS) is 16.4. The molecule has 2 aliphatic rings. The van der Waals surface area contributed by atoms with E-state index in [1.54, 1.807) is 6.21 Å². The number of benzene rings is 2. The third-order valence-electron chi connectivity index (χ3n) is 3.32. The standard InChI is InChI=1S/C15H12N4/c1-4-11-5-2-7-13-14(11)12(6-1)17-15(18-13)19-9-3-8-16-10-19/h1-9H,10H2,(H,17,18). The van der Waals surface area contributed by atoms with E-state index in [9.17, 15) is 0 Å². The molecular formula is C15H12N4. The van der Waals surface area contributed by atoms with Crippen molar-refractivity contribution in [2.24, 2.45) is 9.98 Å². The zero-order chi connectivity index (χ0) is 12.7. The fourth-order valence-corrected chi connectivity index (χ4v) is 2.44. The van der Waals surface area contributed by atoms with Gasteiger partial charge in [-0.15, -0.1) is 0 Å². The molecule has 1 N–H and O–H groups in total. The lowest BCUT2D eigenvalue weighted by Gasteiger charge is -2.26. The van der Waals surface area contributed by atoms with Crippen molar-refractivity contribution in [3.05, 3.63) is 48.7 Å². The quantitative estimate of drug-likeness (QED) is 0.778. The molecule has 0 spiro atoms. The van der Waals surface area contributed by atoms with Gasteiger partial charge in [0.2, 0.25) is 5.96 Å². The van der Waals surface area contributed by atoms with Gasteiger partial charge in [-0.2, -0.15) is 0 Å². The molecule has 0 aliphatic carbocycles. The van der Waals surface area contributed by atoms with Crippen LogP contribution in [0.3, 0.4) is 0 Å². The van der Waals surface area contributed by atoms with E-state index in [1.165, 1.54) is 10.8 Å². The maximum absolute atomic E-state index is 4.69. The van der Waals surface area contributed by atoms with Crippen LogP contribution in [-0.2, 0) is 0 Å². The monoisotopic (exact) mass is 248 g/mol. The fraction of sp³-hybridized carbons (Fsp3) is 0.0667. The van der Waals surface area contributed by atoms with Crippen LogP contribution in [0.1, 0.15) is 0 Å². The molecule has 4 nitrogen and oxygen atoms in total. The van der Waals surface area contributed by atoms with Crippen molar-refractivity contribution in [2.75, 3.05) is 12.0 Å². The maximum atomic E-state index is 4.69. The number of rotatable bonds is 0. The number of hydrogen-bond acceptors (Lipinski definition) is 4. The Labute approximate surface area is 110 Å². The van der Waals surface area contributed by atoms with Crippen LogP contribution < -0.4 is 5.32 Å². The number of hydrogen-bond donors (Lipinski definition) is 1. The molecule has 0 atom stereocenters. The molecule has 2 aromatic carbocycles. The second-order valence-electron chi connectivity index (χ2n) is 4.53. The summed E-state index contributed by atoms with van der Waals surface area (Å²) in [6.07, 6.45) is 5.69. The Morgan fingerprint density at radius 3 is 2.84 bits per heavy atom. The third kappa shape index (κ3) is 1.61. The van der Waals surface area contributed by atoms with Crippen molar-refractivity contribution < 1.29 is 0 Å². The molecule has 2 heterocycles. The molecule has 4 rings (SSSR count). The van der Waals surface area contributed by atoms with Crippen LogP contribution in [0.15, 0.2) is 58.7 Å². The van der Waals surface area contributed by atoms with E-state index in [1.807, 2.05) is 29.3 Å². The maximum Gasteiger partial charge on any atom is 0.209 e. The minimum absolute atomic E-state index is 0.598. The SMILES string of the molecule is C1=CN(C2=Nc3cccc4cccc(c34)N2)CN=C1. The summed E-state index contributed by atoms with van der Waals surface area (Å²) in [5, 5.41) is 5.77. The number of nitrogens with zero attached hydrogens (tertiary/aromatic N) is 3. The molecule has 0 fully saturated rings. The van der Waals surface area contributed by atoms with E-state index in [0.717, 1.165) is 17.3 Å². The van der Waals surface area contributed by atoms with Crippen molar-refractivity contribution in [3.63, 3.8) is 0 Å². The summed E-state index contributed by atoms with van der Waals surface area (Å²) in [5.74, 6) is 0.819. The lowest BCUT2D eigenvalue weighted by molar-refractivity contribution is 0.569. The molecule has 92 valence electrons. The van der Waals surface area contributed by atoms with Gasteiger partial charge in [0.15, 0.2) is 0 Å². The van der Waals surface area contributed by atoms with Crippen molar-refractivity contribution >= 4 is 34.3 Å². The van der Waals surface area contributed by atoms with E-state index >= 15 is 0 Å². The highest BCUT2D eigenvalue weighted by Gasteiger charge is 2.17. The van der Waals surface area contributed by atoms with E-state index in [4.69, 9.17) is 4.99 Å². The van der Waals surface area contributed by atoms with Gasteiger partial charge < -0.3 is 5.32 Å². The van der Waals surface area contributed by atoms with E-state index in [-0.39, 0.29) is 0 Å².